The highest BCUT2D eigenvalue weighted by atomic mass is 16.4. The highest BCUT2D eigenvalue weighted by molar-refractivity contribution is 6.07. The first-order chi connectivity index (χ1) is 26.6. The summed E-state index contributed by atoms with van der Waals surface area (Å²) in [5, 5.41) is 27.7. The SMILES string of the molecule is O=CCNC(=O)c1ccnc2ccc(-c3ccc(C(=O)NCCCNC(=O)CN4CCN(CC=O)CCN(CC(=O)O)CCN(CC(=O)O)CC4)cc3)cc12. The largest absolute Gasteiger partial charge is 0.480 e. The zero-order valence-corrected chi connectivity index (χ0v) is 30.7. The Hall–Kier alpha value is -5.62. The molecular formula is C38H48N8O9. The molecule has 4 rings (SSSR count). The number of carboxylic acids is 2. The maximum atomic E-state index is 12.9. The second kappa shape index (κ2) is 21.9. The molecule has 3 amide bonds. The van der Waals surface area contributed by atoms with Crippen LogP contribution in [-0.4, -0.2) is 175 Å². The van der Waals surface area contributed by atoms with E-state index in [4.69, 9.17) is 0 Å². The summed E-state index contributed by atoms with van der Waals surface area (Å²) in [6, 6.07) is 14.1. The number of hydrogen-bond acceptors (Lipinski definition) is 12. The number of aliphatic carboxylic acids is 2. The predicted molar refractivity (Wildman–Crippen MR) is 203 cm³/mol. The van der Waals surface area contributed by atoms with Gasteiger partial charge < -0.3 is 35.8 Å². The van der Waals surface area contributed by atoms with Crippen LogP contribution in [0, 0.1) is 0 Å². The zero-order valence-electron chi connectivity index (χ0n) is 30.7. The first-order valence-corrected chi connectivity index (χ1v) is 18.1. The molecule has 0 bridgehead atoms. The third-order valence-electron chi connectivity index (χ3n) is 9.12. The molecular weight excluding hydrogens is 712 g/mol. The maximum Gasteiger partial charge on any atom is 0.317 e. The minimum Gasteiger partial charge on any atom is -0.480 e. The van der Waals surface area contributed by atoms with Crippen molar-refractivity contribution in [1.82, 2.24) is 40.5 Å². The van der Waals surface area contributed by atoms with Crippen molar-refractivity contribution in [2.24, 2.45) is 0 Å². The van der Waals surface area contributed by atoms with Gasteiger partial charge in [-0.2, -0.15) is 0 Å². The first kappa shape index (κ1) is 42.1. The van der Waals surface area contributed by atoms with Gasteiger partial charge in [-0.25, -0.2) is 0 Å². The smallest absolute Gasteiger partial charge is 0.317 e. The summed E-state index contributed by atoms with van der Waals surface area (Å²) in [7, 11) is 0. The normalized spacial score (nSPS) is 15.3. The average Bonchev–Trinajstić information content (AvgIpc) is 3.16. The van der Waals surface area contributed by atoms with Crippen LogP contribution >= 0.6 is 0 Å². The predicted octanol–water partition coefficient (Wildman–Crippen LogP) is -0.344. The molecule has 2 aromatic carbocycles. The van der Waals surface area contributed by atoms with Crippen LogP contribution in [-0.2, 0) is 24.0 Å². The van der Waals surface area contributed by atoms with Crippen molar-refractivity contribution < 1.29 is 43.8 Å². The van der Waals surface area contributed by atoms with Crippen molar-refractivity contribution in [3.63, 3.8) is 0 Å². The number of aromatic nitrogens is 1. The molecule has 0 saturated carbocycles. The molecule has 17 nitrogen and oxygen atoms in total. The van der Waals surface area contributed by atoms with Crippen molar-refractivity contribution in [1.29, 1.82) is 0 Å². The molecule has 3 aromatic rings. The van der Waals surface area contributed by atoms with Gasteiger partial charge in [0.1, 0.15) is 12.6 Å². The van der Waals surface area contributed by atoms with Crippen LogP contribution in [0.4, 0.5) is 0 Å². The van der Waals surface area contributed by atoms with Crippen LogP contribution < -0.4 is 16.0 Å². The number of benzene rings is 2. The Morgan fingerprint density at radius 2 is 1.20 bits per heavy atom. The van der Waals surface area contributed by atoms with E-state index in [9.17, 15) is 43.8 Å². The van der Waals surface area contributed by atoms with E-state index in [0.29, 0.717) is 100 Å². The van der Waals surface area contributed by atoms with E-state index in [1.54, 1.807) is 34.1 Å². The number of carboxylic acid groups (broad SMARTS) is 2. The summed E-state index contributed by atoms with van der Waals surface area (Å²) in [6.07, 6.45) is 3.42. The van der Waals surface area contributed by atoms with E-state index in [1.807, 2.05) is 34.1 Å². The summed E-state index contributed by atoms with van der Waals surface area (Å²) in [5.74, 6) is -2.87. The van der Waals surface area contributed by atoms with Crippen LogP contribution in [0.15, 0.2) is 54.7 Å². The highest BCUT2D eigenvalue weighted by Gasteiger charge is 2.20. The quantitative estimate of drug-likeness (QED) is 0.0878. The van der Waals surface area contributed by atoms with Gasteiger partial charge in [-0.1, -0.05) is 18.2 Å². The van der Waals surface area contributed by atoms with E-state index in [1.165, 1.54) is 6.20 Å². The Labute approximate surface area is 318 Å². The topological polar surface area (TPSA) is 222 Å². The van der Waals surface area contributed by atoms with Crippen molar-refractivity contribution in [2.45, 2.75) is 6.42 Å². The van der Waals surface area contributed by atoms with E-state index in [-0.39, 0.29) is 50.4 Å². The van der Waals surface area contributed by atoms with Gasteiger partial charge in [-0.05, 0) is 47.9 Å². The number of aldehydes is 2. The van der Waals surface area contributed by atoms with E-state index in [0.717, 1.165) is 17.4 Å². The standard InChI is InChI=1S/C38H48N8O9/c47-22-12-42-38(55)31-8-11-39-33-7-6-30(24-32(31)33)28-2-4-29(5-3-28)37(54)41-10-1-9-40-34(49)25-44-15-13-43(21-23-48)14-16-45(26-35(50)51)19-20-46(18-17-44)27-36(52)53/h2-8,11,22-24H,1,9-10,12-21,25-27H2,(H,40,49)(H,41,54)(H,42,55)(H,50,51)(H,52,53). The van der Waals surface area contributed by atoms with Crippen LogP contribution in [0.25, 0.3) is 22.0 Å². The van der Waals surface area contributed by atoms with Crippen molar-refractivity contribution >= 4 is 53.1 Å². The number of nitrogens with zero attached hydrogens (tertiary/aromatic N) is 5. The van der Waals surface area contributed by atoms with Gasteiger partial charge in [0.05, 0.1) is 43.8 Å². The second-order valence-corrected chi connectivity index (χ2v) is 13.1. The lowest BCUT2D eigenvalue weighted by Crippen LogP contribution is -2.49. The molecule has 0 atom stereocenters. The zero-order chi connectivity index (χ0) is 39.6. The molecule has 294 valence electrons. The summed E-state index contributed by atoms with van der Waals surface area (Å²) in [6.45, 7) is 3.50. The summed E-state index contributed by atoms with van der Waals surface area (Å²) in [5.41, 5.74) is 3.13. The molecule has 0 spiro atoms. The number of hydrogen-bond donors (Lipinski definition) is 5. The number of amides is 3. The van der Waals surface area contributed by atoms with Crippen LogP contribution in [0.2, 0.25) is 0 Å². The lowest BCUT2D eigenvalue weighted by atomic mass is 9.99. The van der Waals surface area contributed by atoms with Crippen LogP contribution in [0.3, 0.4) is 0 Å². The summed E-state index contributed by atoms with van der Waals surface area (Å²) < 4.78 is 0. The molecule has 5 N–H and O–H groups in total. The van der Waals surface area contributed by atoms with Gasteiger partial charge in [0.2, 0.25) is 5.91 Å². The molecule has 1 fully saturated rings. The number of carbonyl (C=O) groups is 7. The Bertz CT molecular complexity index is 1810. The molecule has 0 unspecified atom stereocenters. The molecule has 55 heavy (non-hydrogen) atoms. The molecule has 0 radical (unpaired) electrons. The van der Waals surface area contributed by atoms with Gasteiger partial charge in [-0.3, -0.25) is 48.6 Å². The average molecular weight is 761 g/mol. The highest BCUT2D eigenvalue weighted by Crippen LogP contribution is 2.26. The van der Waals surface area contributed by atoms with Gasteiger partial charge >= 0.3 is 11.9 Å². The van der Waals surface area contributed by atoms with Crippen LogP contribution in [0.1, 0.15) is 27.1 Å². The van der Waals surface area contributed by atoms with Gasteiger partial charge in [0.15, 0.2) is 0 Å². The molecule has 17 heteroatoms. The molecule has 1 aliphatic rings. The van der Waals surface area contributed by atoms with Gasteiger partial charge in [0, 0.05) is 82.6 Å². The number of nitrogens with one attached hydrogen (secondary N) is 3. The Kier molecular flexibility index (Phi) is 16.8. The fraction of sp³-hybridized carbons (Fsp3) is 0.421. The van der Waals surface area contributed by atoms with E-state index < -0.39 is 11.9 Å². The number of fused-ring (bicyclic) bond motifs is 1. The molecule has 1 aliphatic heterocycles. The third kappa shape index (κ3) is 13.9. The molecule has 2 heterocycles. The van der Waals surface area contributed by atoms with Gasteiger partial charge in [0.25, 0.3) is 11.8 Å². The summed E-state index contributed by atoms with van der Waals surface area (Å²) in [4.78, 5) is 94.8. The number of carbonyl (C=O) groups excluding carboxylic acids is 5. The number of pyridine rings is 1. The second-order valence-electron chi connectivity index (χ2n) is 13.1. The summed E-state index contributed by atoms with van der Waals surface area (Å²) >= 11 is 0. The van der Waals surface area contributed by atoms with Crippen LogP contribution in [0.5, 0.6) is 0 Å². The Morgan fingerprint density at radius 1 is 0.636 bits per heavy atom. The Balaban J connectivity index is 1.26. The van der Waals surface area contributed by atoms with Gasteiger partial charge in [-0.15, -0.1) is 0 Å². The van der Waals surface area contributed by atoms with Crippen molar-refractivity contribution in [2.75, 3.05) is 98.2 Å². The molecule has 1 saturated heterocycles. The minimum absolute atomic E-state index is 0.0576. The fourth-order valence-electron chi connectivity index (χ4n) is 6.17. The van der Waals surface area contributed by atoms with Crippen molar-refractivity contribution in [3.8, 4) is 11.1 Å². The first-order valence-electron chi connectivity index (χ1n) is 18.1. The number of rotatable bonds is 17. The lowest BCUT2D eigenvalue weighted by Gasteiger charge is -2.32. The van der Waals surface area contributed by atoms with E-state index in [2.05, 4.69) is 20.9 Å². The van der Waals surface area contributed by atoms with E-state index >= 15 is 0 Å². The maximum absolute atomic E-state index is 12.9. The third-order valence-corrected chi connectivity index (χ3v) is 9.12. The molecule has 1 aromatic heterocycles. The minimum atomic E-state index is -1.00. The lowest BCUT2D eigenvalue weighted by molar-refractivity contribution is -0.140. The Morgan fingerprint density at radius 3 is 1.78 bits per heavy atom. The monoisotopic (exact) mass is 760 g/mol. The fourth-order valence-corrected chi connectivity index (χ4v) is 6.17. The van der Waals surface area contributed by atoms with Crippen molar-refractivity contribution in [3.05, 3.63) is 65.9 Å². The molecule has 0 aliphatic carbocycles.